The summed E-state index contributed by atoms with van der Waals surface area (Å²) in [6.45, 7) is 10.8. The maximum absolute atomic E-state index is 12.6. The number of primary amides is 1. The normalized spacial score (nSPS) is 19.8. The topological polar surface area (TPSA) is 153 Å². The quantitative estimate of drug-likeness (QED) is 0.519. The average molecular weight is 581 g/mol. The van der Waals surface area contributed by atoms with Crippen molar-refractivity contribution in [1.82, 2.24) is 29.7 Å². The maximum atomic E-state index is 12.6. The van der Waals surface area contributed by atoms with E-state index in [1.54, 1.807) is 22.2 Å². The van der Waals surface area contributed by atoms with Crippen LogP contribution in [0.1, 0.15) is 44.1 Å². The first-order valence-electron chi connectivity index (χ1n) is 14.4. The molecule has 0 aromatic carbocycles. The van der Waals surface area contributed by atoms with E-state index in [2.05, 4.69) is 25.1 Å². The summed E-state index contributed by atoms with van der Waals surface area (Å²) in [6, 6.07) is 3.88. The first-order chi connectivity index (χ1) is 20.0. The van der Waals surface area contributed by atoms with Gasteiger partial charge in [-0.15, -0.1) is 0 Å². The molecule has 3 aliphatic rings. The zero-order valence-electron chi connectivity index (χ0n) is 24.7. The van der Waals surface area contributed by atoms with Crippen LogP contribution in [0.3, 0.4) is 0 Å². The average Bonchev–Trinajstić information content (AvgIpc) is 3.30. The molecule has 0 aliphatic carbocycles. The van der Waals surface area contributed by atoms with Gasteiger partial charge in [-0.25, -0.2) is 24.5 Å². The summed E-state index contributed by atoms with van der Waals surface area (Å²) in [6.07, 6.45) is 4.77. The van der Waals surface area contributed by atoms with Crippen molar-refractivity contribution < 1.29 is 19.1 Å². The molecule has 5 heterocycles. The van der Waals surface area contributed by atoms with Crippen LogP contribution in [0.15, 0.2) is 24.5 Å². The predicted molar refractivity (Wildman–Crippen MR) is 158 cm³/mol. The third-order valence-electron chi connectivity index (χ3n) is 7.67. The largest absolute Gasteiger partial charge is 0.444 e. The van der Waals surface area contributed by atoms with E-state index in [9.17, 15) is 14.4 Å². The van der Waals surface area contributed by atoms with Crippen LogP contribution in [0.5, 0.6) is 0 Å². The Hall–Kier alpha value is -4.36. The van der Waals surface area contributed by atoms with Crippen molar-refractivity contribution in [3.63, 3.8) is 0 Å². The molecule has 226 valence electrons. The minimum absolute atomic E-state index is 0.0333. The number of aromatic nitrogens is 3. The van der Waals surface area contributed by atoms with Gasteiger partial charge in [-0.2, -0.15) is 0 Å². The number of ether oxygens (including phenoxy) is 1. The van der Waals surface area contributed by atoms with Gasteiger partial charge in [0.25, 0.3) is 5.91 Å². The number of hydrogen-bond acceptors (Lipinski definition) is 10. The molecule has 42 heavy (non-hydrogen) atoms. The number of piperazine rings is 1. The lowest BCUT2D eigenvalue weighted by Crippen LogP contribution is -2.50. The van der Waals surface area contributed by atoms with E-state index in [0.717, 1.165) is 38.3 Å². The van der Waals surface area contributed by atoms with Gasteiger partial charge in [-0.3, -0.25) is 4.79 Å². The summed E-state index contributed by atoms with van der Waals surface area (Å²) in [4.78, 5) is 60.3. The lowest BCUT2D eigenvalue weighted by atomic mass is 10.0. The number of carbonyl (C=O) groups excluding carboxylic acids is 3. The van der Waals surface area contributed by atoms with Gasteiger partial charge in [0, 0.05) is 59.4 Å². The Labute approximate surface area is 245 Å². The molecular formula is C28H40N10O4. The van der Waals surface area contributed by atoms with E-state index in [4.69, 9.17) is 15.5 Å². The van der Waals surface area contributed by atoms with Crippen LogP contribution in [0.25, 0.3) is 0 Å². The van der Waals surface area contributed by atoms with Gasteiger partial charge < -0.3 is 40.3 Å². The number of carbonyl (C=O) groups is 3. The molecule has 4 amide bonds. The Bertz CT molecular complexity index is 1310. The fourth-order valence-corrected chi connectivity index (χ4v) is 5.45. The number of rotatable bonds is 6. The Morgan fingerprint density at radius 3 is 2.36 bits per heavy atom. The summed E-state index contributed by atoms with van der Waals surface area (Å²) < 4.78 is 5.48. The fourth-order valence-electron chi connectivity index (χ4n) is 5.45. The van der Waals surface area contributed by atoms with Gasteiger partial charge in [-0.1, -0.05) is 0 Å². The van der Waals surface area contributed by atoms with Gasteiger partial charge in [0.15, 0.2) is 11.5 Å². The summed E-state index contributed by atoms with van der Waals surface area (Å²) in [5.41, 5.74) is 5.75. The van der Waals surface area contributed by atoms with E-state index in [1.807, 2.05) is 44.9 Å². The molecule has 1 atom stereocenters. The molecule has 5 rings (SSSR count). The molecule has 3 fully saturated rings. The molecule has 2 aromatic rings. The molecule has 3 N–H and O–H groups in total. The van der Waals surface area contributed by atoms with E-state index >= 15 is 0 Å². The van der Waals surface area contributed by atoms with Crippen molar-refractivity contribution in [1.29, 1.82) is 0 Å². The van der Waals surface area contributed by atoms with Crippen LogP contribution < -0.4 is 20.9 Å². The molecule has 14 nitrogen and oxygen atoms in total. The lowest BCUT2D eigenvalue weighted by Gasteiger charge is -2.37. The molecule has 3 saturated heterocycles. The first kappa shape index (κ1) is 29.1. The standard InChI is InChI=1S/C28H40N10O4/c1-28(2,3)42-27(41)36-13-11-35(12-14-36)21-8-7-19(16-30-21)32-25-23(24(29)39)31-17-22(33-25)37-9-5-6-20(18-37)38-15-10-34(4)26(38)40/h7-8,16-17,20H,5-6,9-15,18H2,1-4H3,(H2,29,39)(H,32,33)/t20-/m1/s1. The summed E-state index contributed by atoms with van der Waals surface area (Å²) in [5, 5.41) is 3.16. The number of piperidine rings is 1. The van der Waals surface area contributed by atoms with Gasteiger partial charge in [0.1, 0.15) is 17.2 Å². The SMILES string of the molecule is CN1CCN([C@@H]2CCCN(c3cnc(C(N)=O)c(Nc4ccc(N5CCN(C(=O)OC(C)(C)C)CC5)nc4)n3)C2)C1=O. The predicted octanol–water partition coefficient (Wildman–Crippen LogP) is 2.11. The minimum Gasteiger partial charge on any atom is -0.444 e. The Balaban J connectivity index is 1.24. The van der Waals surface area contributed by atoms with Crippen LogP contribution in [-0.2, 0) is 4.74 Å². The number of hydrogen-bond donors (Lipinski definition) is 2. The number of pyridine rings is 1. The monoisotopic (exact) mass is 580 g/mol. The van der Waals surface area contributed by atoms with Crippen LogP contribution in [0.2, 0.25) is 0 Å². The zero-order chi connectivity index (χ0) is 30.0. The van der Waals surface area contributed by atoms with Crippen molar-refractivity contribution in [3.8, 4) is 0 Å². The fraction of sp³-hybridized carbons (Fsp3) is 0.571. The minimum atomic E-state index is -0.689. The van der Waals surface area contributed by atoms with Crippen molar-refractivity contribution >= 4 is 41.2 Å². The van der Waals surface area contributed by atoms with E-state index < -0.39 is 11.5 Å². The van der Waals surface area contributed by atoms with Crippen molar-refractivity contribution in [2.75, 3.05) is 74.5 Å². The second-order valence-corrected chi connectivity index (χ2v) is 11.9. The number of nitrogens with one attached hydrogen (secondary N) is 1. The number of amides is 4. The molecule has 14 heteroatoms. The molecule has 0 saturated carbocycles. The van der Waals surface area contributed by atoms with Gasteiger partial charge in [-0.05, 0) is 45.7 Å². The highest BCUT2D eigenvalue weighted by molar-refractivity contribution is 5.96. The highest BCUT2D eigenvalue weighted by Gasteiger charge is 2.35. The number of anilines is 4. The summed E-state index contributed by atoms with van der Waals surface area (Å²) >= 11 is 0. The highest BCUT2D eigenvalue weighted by atomic mass is 16.6. The Kier molecular flexibility index (Phi) is 8.23. The van der Waals surface area contributed by atoms with Gasteiger partial charge >= 0.3 is 12.1 Å². The third-order valence-corrected chi connectivity index (χ3v) is 7.67. The Morgan fingerprint density at radius 2 is 1.74 bits per heavy atom. The third kappa shape index (κ3) is 6.58. The second kappa shape index (κ2) is 11.9. The van der Waals surface area contributed by atoms with Crippen molar-refractivity contribution in [2.45, 2.75) is 45.3 Å². The molecule has 0 radical (unpaired) electrons. The number of nitrogens with zero attached hydrogens (tertiary/aromatic N) is 8. The van der Waals surface area contributed by atoms with Gasteiger partial charge in [0.05, 0.1) is 24.1 Å². The van der Waals surface area contributed by atoms with Crippen molar-refractivity contribution in [3.05, 3.63) is 30.2 Å². The van der Waals surface area contributed by atoms with Crippen LogP contribution >= 0.6 is 0 Å². The van der Waals surface area contributed by atoms with E-state index in [1.165, 1.54) is 0 Å². The van der Waals surface area contributed by atoms with Gasteiger partial charge in [0.2, 0.25) is 0 Å². The molecule has 2 aromatic heterocycles. The second-order valence-electron chi connectivity index (χ2n) is 11.9. The van der Waals surface area contributed by atoms with E-state index in [-0.39, 0.29) is 29.7 Å². The van der Waals surface area contributed by atoms with E-state index in [0.29, 0.717) is 44.2 Å². The summed E-state index contributed by atoms with van der Waals surface area (Å²) in [5.74, 6) is 0.950. The molecule has 0 bridgehead atoms. The van der Waals surface area contributed by atoms with Crippen LogP contribution in [0, 0.1) is 0 Å². The number of urea groups is 1. The zero-order valence-corrected chi connectivity index (χ0v) is 24.7. The molecular weight excluding hydrogens is 540 g/mol. The van der Waals surface area contributed by atoms with Crippen molar-refractivity contribution in [2.24, 2.45) is 5.73 Å². The highest BCUT2D eigenvalue weighted by Crippen LogP contribution is 2.27. The Morgan fingerprint density at radius 1 is 0.976 bits per heavy atom. The molecule has 0 spiro atoms. The smallest absolute Gasteiger partial charge is 0.410 e. The lowest BCUT2D eigenvalue weighted by molar-refractivity contribution is 0.0240. The first-order valence-corrected chi connectivity index (χ1v) is 14.4. The molecule has 0 unspecified atom stereocenters. The number of nitrogens with two attached hydrogens (primary N) is 1. The summed E-state index contributed by atoms with van der Waals surface area (Å²) in [7, 11) is 1.82. The van der Waals surface area contributed by atoms with Crippen LogP contribution in [-0.4, -0.2) is 119 Å². The molecule has 3 aliphatic heterocycles. The maximum Gasteiger partial charge on any atom is 0.410 e. The van der Waals surface area contributed by atoms with Crippen LogP contribution in [0.4, 0.5) is 32.7 Å². The number of likely N-dealkylation sites (N-methyl/N-ethyl adjacent to an activating group) is 1.